The number of pyridine rings is 1. The van der Waals surface area contributed by atoms with Gasteiger partial charge in [0.15, 0.2) is 0 Å². The number of likely N-dealkylation sites (tertiary alicyclic amines) is 1. The van der Waals surface area contributed by atoms with Gasteiger partial charge in [-0.1, -0.05) is 6.07 Å². The van der Waals surface area contributed by atoms with Crippen molar-refractivity contribution in [2.45, 2.75) is 25.8 Å². The van der Waals surface area contributed by atoms with Crippen LogP contribution in [0.2, 0.25) is 0 Å². The maximum absolute atomic E-state index is 12.9. The summed E-state index contributed by atoms with van der Waals surface area (Å²) in [6.45, 7) is 2.50. The van der Waals surface area contributed by atoms with E-state index >= 15 is 0 Å². The molecule has 0 unspecified atom stereocenters. The molecular weight excluding hydrogens is 296 g/mol. The zero-order valence-electron chi connectivity index (χ0n) is 13.0. The Morgan fingerprint density at radius 1 is 1.30 bits per heavy atom. The largest absolute Gasteiger partial charge is 0.481 e. The molecule has 2 aromatic heterocycles. The molecule has 0 spiro atoms. The average Bonchev–Trinajstić information content (AvgIpc) is 2.80. The van der Waals surface area contributed by atoms with Crippen molar-refractivity contribution in [1.82, 2.24) is 14.5 Å². The molecule has 3 heterocycles. The maximum atomic E-state index is 12.9. The number of amides is 1. The van der Waals surface area contributed by atoms with Crippen LogP contribution in [0.15, 0.2) is 24.5 Å². The van der Waals surface area contributed by atoms with E-state index in [9.17, 15) is 14.7 Å². The van der Waals surface area contributed by atoms with Gasteiger partial charge >= 0.3 is 5.97 Å². The van der Waals surface area contributed by atoms with Crippen molar-refractivity contribution in [3.05, 3.63) is 35.7 Å². The highest BCUT2D eigenvalue weighted by molar-refractivity contribution is 6.00. The Balaban J connectivity index is 1.91. The second-order valence-electron chi connectivity index (χ2n) is 6.18. The lowest BCUT2D eigenvalue weighted by Gasteiger charge is -2.23. The molecule has 2 atom stereocenters. The number of fused-ring (bicyclic) bond motifs is 1. The summed E-state index contributed by atoms with van der Waals surface area (Å²) in [5, 5.41) is 13.5. The fourth-order valence-electron chi connectivity index (χ4n) is 3.01. The van der Waals surface area contributed by atoms with E-state index in [0.717, 1.165) is 5.56 Å². The number of carbonyl (C=O) groups excluding carboxylic acids is 1. The summed E-state index contributed by atoms with van der Waals surface area (Å²) in [4.78, 5) is 25.7. The Labute approximate surface area is 133 Å². The third-order valence-electron chi connectivity index (χ3n) is 4.31. The number of aliphatic carboxylic acids is 1. The van der Waals surface area contributed by atoms with Crippen molar-refractivity contribution < 1.29 is 14.7 Å². The summed E-state index contributed by atoms with van der Waals surface area (Å²) in [5.74, 6) is -1.67. The predicted molar refractivity (Wildman–Crippen MR) is 84.2 cm³/mol. The Hall–Kier alpha value is -2.41. The summed E-state index contributed by atoms with van der Waals surface area (Å²) in [5.41, 5.74) is 8.24. The van der Waals surface area contributed by atoms with Crippen LogP contribution in [-0.2, 0) is 4.79 Å². The zero-order valence-corrected chi connectivity index (χ0v) is 13.0. The molecule has 0 saturated carbocycles. The molecule has 3 rings (SSSR count). The predicted octanol–water partition coefficient (Wildman–Crippen LogP) is 0.907. The third kappa shape index (κ3) is 3.05. The van der Waals surface area contributed by atoms with Gasteiger partial charge in [-0.25, -0.2) is 4.52 Å². The highest BCUT2D eigenvalue weighted by atomic mass is 16.4. The Bertz CT molecular complexity index is 755. The molecule has 3 N–H and O–H groups in total. The number of carboxylic acid groups (broad SMARTS) is 1. The van der Waals surface area contributed by atoms with Gasteiger partial charge in [-0.15, -0.1) is 0 Å². The minimum atomic E-state index is -0.882. The highest BCUT2D eigenvalue weighted by Gasteiger charge is 2.30. The molecule has 1 aliphatic heterocycles. The van der Waals surface area contributed by atoms with Gasteiger partial charge in [-0.05, 0) is 31.4 Å². The molecule has 2 aromatic rings. The number of hydrogen-bond donors (Lipinski definition) is 2. The van der Waals surface area contributed by atoms with Crippen molar-refractivity contribution >= 4 is 17.4 Å². The molecule has 1 aliphatic rings. The Morgan fingerprint density at radius 2 is 2.09 bits per heavy atom. The van der Waals surface area contributed by atoms with Crippen molar-refractivity contribution in [2.75, 3.05) is 13.1 Å². The first-order valence-electron chi connectivity index (χ1n) is 7.67. The number of aryl methyl sites for hydroxylation is 1. The van der Waals surface area contributed by atoms with Gasteiger partial charge < -0.3 is 15.7 Å². The van der Waals surface area contributed by atoms with E-state index < -0.39 is 11.9 Å². The van der Waals surface area contributed by atoms with E-state index in [2.05, 4.69) is 5.10 Å². The molecular formula is C16H20N4O3. The molecule has 0 aromatic carbocycles. The van der Waals surface area contributed by atoms with Crippen LogP contribution in [0.3, 0.4) is 0 Å². The molecule has 122 valence electrons. The van der Waals surface area contributed by atoms with Crippen LogP contribution in [0.25, 0.3) is 5.52 Å². The van der Waals surface area contributed by atoms with Crippen LogP contribution < -0.4 is 5.73 Å². The van der Waals surface area contributed by atoms with E-state index in [4.69, 9.17) is 5.73 Å². The first kappa shape index (κ1) is 15.5. The number of carboxylic acids is 1. The minimum Gasteiger partial charge on any atom is -0.481 e. The first-order chi connectivity index (χ1) is 11.0. The number of nitrogens with zero attached hydrogens (tertiary/aromatic N) is 3. The highest BCUT2D eigenvalue weighted by Crippen LogP contribution is 2.20. The van der Waals surface area contributed by atoms with Crippen LogP contribution in [-0.4, -0.2) is 50.6 Å². The quantitative estimate of drug-likeness (QED) is 0.857. The van der Waals surface area contributed by atoms with Gasteiger partial charge in [-0.2, -0.15) is 5.10 Å². The molecule has 7 nitrogen and oxygen atoms in total. The van der Waals surface area contributed by atoms with Gasteiger partial charge in [0, 0.05) is 25.3 Å². The van der Waals surface area contributed by atoms with Crippen LogP contribution >= 0.6 is 0 Å². The van der Waals surface area contributed by atoms with Crippen molar-refractivity contribution in [1.29, 1.82) is 0 Å². The average molecular weight is 316 g/mol. The topological polar surface area (TPSA) is 101 Å². The van der Waals surface area contributed by atoms with Crippen LogP contribution in [0, 0.1) is 12.8 Å². The Morgan fingerprint density at radius 3 is 2.83 bits per heavy atom. The third-order valence-corrected chi connectivity index (χ3v) is 4.31. The number of hydrogen-bond acceptors (Lipinski definition) is 4. The lowest BCUT2D eigenvalue weighted by Crippen LogP contribution is -2.41. The maximum Gasteiger partial charge on any atom is 0.308 e. The lowest BCUT2D eigenvalue weighted by atomic mass is 10.0. The molecule has 1 amide bonds. The van der Waals surface area contributed by atoms with E-state index in [1.807, 2.05) is 25.3 Å². The standard InChI is InChI=1S/C16H20N4O3/c1-10-2-5-14-13(6-18-20(14)7-10)15(21)19-8-11(16(22)23)3-4-12(17)9-19/h2,5-7,11-12H,3-4,8-9,17H2,1H3,(H,22,23)/t11-,12+/m0/s1. The molecule has 0 radical (unpaired) electrons. The number of carbonyl (C=O) groups is 2. The number of aromatic nitrogens is 2. The minimum absolute atomic E-state index is 0.186. The van der Waals surface area contributed by atoms with E-state index in [1.165, 1.54) is 6.20 Å². The van der Waals surface area contributed by atoms with Crippen LogP contribution in [0.1, 0.15) is 28.8 Å². The number of nitrogens with two attached hydrogens (primary N) is 1. The second kappa shape index (κ2) is 6.00. The summed E-state index contributed by atoms with van der Waals surface area (Å²) >= 11 is 0. The molecule has 1 fully saturated rings. The van der Waals surface area contributed by atoms with Gasteiger partial charge in [-0.3, -0.25) is 9.59 Å². The van der Waals surface area contributed by atoms with Crippen molar-refractivity contribution in [3.63, 3.8) is 0 Å². The van der Waals surface area contributed by atoms with Gasteiger partial charge in [0.05, 0.1) is 23.2 Å². The van der Waals surface area contributed by atoms with Gasteiger partial charge in [0.1, 0.15) is 0 Å². The SMILES string of the molecule is Cc1ccc2c(C(=O)N3C[C@H](N)CC[C@H](C(=O)O)C3)cnn2c1. The smallest absolute Gasteiger partial charge is 0.308 e. The summed E-state index contributed by atoms with van der Waals surface area (Å²) in [6.07, 6.45) is 4.48. The van der Waals surface area contributed by atoms with Crippen LogP contribution in [0.4, 0.5) is 0 Å². The first-order valence-corrected chi connectivity index (χ1v) is 7.67. The fourth-order valence-corrected chi connectivity index (χ4v) is 3.01. The van der Waals surface area contributed by atoms with E-state index in [0.29, 0.717) is 30.5 Å². The van der Waals surface area contributed by atoms with Gasteiger partial charge in [0.25, 0.3) is 5.91 Å². The summed E-state index contributed by atoms with van der Waals surface area (Å²) < 4.78 is 1.66. The monoisotopic (exact) mass is 316 g/mol. The van der Waals surface area contributed by atoms with Crippen LogP contribution in [0.5, 0.6) is 0 Å². The molecule has 0 aliphatic carbocycles. The molecule has 23 heavy (non-hydrogen) atoms. The van der Waals surface area contributed by atoms with E-state index in [1.54, 1.807) is 9.42 Å². The second-order valence-corrected chi connectivity index (χ2v) is 6.18. The lowest BCUT2D eigenvalue weighted by molar-refractivity contribution is -0.142. The zero-order chi connectivity index (χ0) is 16.6. The summed E-state index contributed by atoms with van der Waals surface area (Å²) in [7, 11) is 0. The Kier molecular flexibility index (Phi) is 4.04. The number of rotatable bonds is 2. The van der Waals surface area contributed by atoms with Crippen molar-refractivity contribution in [3.8, 4) is 0 Å². The molecule has 1 saturated heterocycles. The fraction of sp³-hybridized carbons (Fsp3) is 0.438. The van der Waals surface area contributed by atoms with E-state index in [-0.39, 0.29) is 18.5 Å². The van der Waals surface area contributed by atoms with Gasteiger partial charge in [0.2, 0.25) is 0 Å². The van der Waals surface area contributed by atoms with Crippen molar-refractivity contribution in [2.24, 2.45) is 11.7 Å². The summed E-state index contributed by atoms with van der Waals surface area (Å²) in [6, 6.07) is 3.57. The molecule has 7 heteroatoms. The normalized spacial score (nSPS) is 22.1. The molecule has 0 bridgehead atoms.